The van der Waals surface area contributed by atoms with Crippen LogP contribution in [0.2, 0.25) is 0 Å². The van der Waals surface area contributed by atoms with Crippen LogP contribution in [0.1, 0.15) is 18.4 Å². The Kier molecular flexibility index (Phi) is 2.34. The lowest BCUT2D eigenvalue weighted by Gasteiger charge is -2.22. The van der Waals surface area contributed by atoms with Gasteiger partial charge in [-0.25, -0.2) is 0 Å². The van der Waals surface area contributed by atoms with Gasteiger partial charge in [0.25, 0.3) is 0 Å². The molecule has 2 rings (SSSR count). The summed E-state index contributed by atoms with van der Waals surface area (Å²) in [6.07, 6.45) is 2.47. The van der Waals surface area contributed by atoms with Crippen molar-refractivity contribution >= 4 is 0 Å². The molecule has 0 aliphatic carbocycles. The molecule has 12 heavy (non-hydrogen) atoms. The standard InChI is InChI=1S/C9H11NO2/c1-2-5-10-8(4-1)9-11-6-3-7-12-9/h1-2,4-5,9H,3,6-7H2. The van der Waals surface area contributed by atoms with Gasteiger partial charge in [-0.1, -0.05) is 6.07 Å². The SMILES string of the molecule is c1ccc(C2OCCCO2)nc1. The van der Waals surface area contributed by atoms with E-state index in [9.17, 15) is 0 Å². The maximum Gasteiger partial charge on any atom is 0.201 e. The summed E-state index contributed by atoms with van der Waals surface area (Å²) in [5.74, 6) is 0. The summed E-state index contributed by atoms with van der Waals surface area (Å²) >= 11 is 0. The molecule has 0 N–H and O–H groups in total. The van der Waals surface area contributed by atoms with Gasteiger partial charge in [-0.05, 0) is 18.6 Å². The molecule has 1 aliphatic rings. The fraction of sp³-hybridized carbons (Fsp3) is 0.444. The summed E-state index contributed by atoms with van der Waals surface area (Å²) in [5.41, 5.74) is 0.859. The van der Waals surface area contributed by atoms with Crippen LogP contribution in [-0.2, 0) is 9.47 Å². The van der Waals surface area contributed by atoms with E-state index in [-0.39, 0.29) is 6.29 Å². The van der Waals surface area contributed by atoms with E-state index in [1.807, 2.05) is 18.2 Å². The predicted octanol–water partition coefficient (Wildman–Crippen LogP) is 1.52. The number of aromatic nitrogens is 1. The average Bonchev–Trinajstić information content (AvgIpc) is 2.21. The normalized spacial score (nSPS) is 19.3. The summed E-state index contributed by atoms with van der Waals surface area (Å²) in [5, 5.41) is 0. The van der Waals surface area contributed by atoms with Gasteiger partial charge in [-0.15, -0.1) is 0 Å². The van der Waals surface area contributed by atoms with Crippen LogP contribution in [0.25, 0.3) is 0 Å². The van der Waals surface area contributed by atoms with Crippen molar-refractivity contribution in [3.05, 3.63) is 30.1 Å². The summed E-state index contributed by atoms with van der Waals surface area (Å²) in [4.78, 5) is 4.15. The molecule has 0 aromatic carbocycles. The molecule has 1 aliphatic heterocycles. The van der Waals surface area contributed by atoms with Gasteiger partial charge < -0.3 is 9.47 Å². The molecule has 0 radical (unpaired) electrons. The molecular formula is C9H11NO2. The molecule has 1 aromatic rings. The van der Waals surface area contributed by atoms with Crippen LogP contribution in [-0.4, -0.2) is 18.2 Å². The number of nitrogens with zero attached hydrogens (tertiary/aromatic N) is 1. The molecule has 3 heteroatoms. The number of ether oxygens (including phenoxy) is 2. The molecule has 0 saturated carbocycles. The van der Waals surface area contributed by atoms with Crippen molar-refractivity contribution in [1.29, 1.82) is 0 Å². The second-order valence-electron chi connectivity index (χ2n) is 2.68. The minimum Gasteiger partial charge on any atom is -0.347 e. The Morgan fingerprint density at radius 2 is 2.08 bits per heavy atom. The summed E-state index contributed by atoms with van der Waals surface area (Å²) in [6, 6.07) is 5.73. The number of hydrogen-bond acceptors (Lipinski definition) is 3. The smallest absolute Gasteiger partial charge is 0.201 e. The van der Waals surface area contributed by atoms with Crippen LogP contribution in [0.4, 0.5) is 0 Å². The van der Waals surface area contributed by atoms with Crippen molar-refractivity contribution in [2.75, 3.05) is 13.2 Å². The van der Waals surface area contributed by atoms with Gasteiger partial charge in [0.2, 0.25) is 6.29 Å². The van der Waals surface area contributed by atoms with Gasteiger partial charge in [0.15, 0.2) is 0 Å². The first-order valence-corrected chi connectivity index (χ1v) is 4.11. The molecule has 1 saturated heterocycles. The number of rotatable bonds is 1. The number of pyridine rings is 1. The second kappa shape index (κ2) is 3.65. The van der Waals surface area contributed by atoms with Crippen LogP contribution >= 0.6 is 0 Å². The predicted molar refractivity (Wildman–Crippen MR) is 43.5 cm³/mol. The zero-order chi connectivity index (χ0) is 8.23. The molecule has 3 nitrogen and oxygen atoms in total. The van der Waals surface area contributed by atoms with Crippen molar-refractivity contribution in [3.8, 4) is 0 Å². The van der Waals surface area contributed by atoms with Gasteiger partial charge in [-0.3, -0.25) is 4.98 Å². The van der Waals surface area contributed by atoms with Crippen LogP contribution in [0.5, 0.6) is 0 Å². The largest absolute Gasteiger partial charge is 0.347 e. The highest BCUT2D eigenvalue weighted by Gasteiger charge is 2.16. The molecule has 2 heterocycles. The van der Waals surface area contributed by atoms with Gasteiger partial charge >= 0.3 is 0 Å². The minimum atomic E-state index is -0.250. The Morgan fingerprint density at radius 1 is 1.25 bits per heavy atom. The lowest BCUT2D eigenvalue weighted by Crippen LogP contribution is -2.18. The third-order valence-corrected chi connectivity index (χ3v) is 1.76. The molecule has 0 bridgehead atoms. The molecule has 0 atom stereocenters. The molecule has 1 fully saturated rings. The first-order chi connectivity index (χ1) is 5.97. The van der Waals surface area contributed by atoms with Crippen molar-refractivity contribution in [1.82, 2.24) is 4.98 Å². The van der Waals surface area contributed by atoms with E-state index in [1.54, 1.807) is 6.20 Å². The minimum absolute atomic E-state index is 0.250. The average molecular weight is 165 g/mol. The van der Waals surface area contributed by atoms with Gasteiger partial charge in [0.1, 0.15) is 0 Å². The molecule has 0 unspecified atom stereocenters. The fourth-order valence-electron chi connectivity index (χ4n) is 1.17. The highest BCUT2D eigenvalue weighted by molar-refractivity contribution is 5.04. The second-order valence-corrected chi connectivity index (χ2v) is 2.68. The Bertz CT molecular complexity index is 232. The van der Waals surface area contributed by atoms with Gasteiger partial charge in [0, 0.05) is 6.20 Å². The Hall–Kier alpha value is -0.930. The van der Waals surface area contributed by atoms with Crippen LogP contribution in [0.15, 0.2) is 24.4 Å². The zero-order valence-corrected chi connectivity index (χ0v) is 6.77. The topological polar surface area (TPSA) is 31.4 Å². The Balaban J connectivity index is 2.08. The summed E-state index contributed by atoms with van der Waals surface area (Å²) in [7, 11) is 0. The van der Waals surface area contributed by atoms with Crippen molar-refractivity contribution < 1.29 is 9.47 Å². The summed E-state index contributed by atoms with van der Waals surface area (Å²) < 4.78 is 10.8. The van der Waals surface area contributed by atoms with E-state index in [0.717, 1.165) is 25.3 Å². The Morgan fingerprint density at radius 3 is 2.75 bits per heavy atom. The molecule has 1 aromatic heterocycles. The van der Waals surface area contributed by atoms with Crippen LogP contribution in [0, 0.1) is 0 Å². The van der Waals surface area contributed by atoms with Gasteiger partial charge in [-0.2, -0.15) is 0 Å². The lowest BCUT2D eigenvalue weighted by molar-refractivity contribution is -0.185. The van der Waals surface area contributed by atoms with E-state index >= 15 is 0 Å². The molecule has 0 spiro atoms. The quantitative estimate of drug-likeness (QED) is 0.632. The van der Waals surface area contributed by atoms with Gasteiger partial charge in [0.05, 0.1) is 18.9 Å². The first-order valence-electron chi connectivity index (χ1n) is 4.11. The lowest BCUT2D eigenvalue weighted by atomic mass is 10.3. The first kappa shape index (κ1) is 7.71. The van der Waals surface area contributed by atoms with E-state index in [1.165, 1.54) is 0 Å². The van der Waals surface area contributed by atoms with Crippen molar-refractivity contribution in [3.63, 3.8) is 0 Å². The highest BCUT2D eigenvalue weighted by atomic mass is 16.7. The molecule has 0 amide bonds. The molecule has 64 valence electrons. The van der Waals surface area contributed by atoms with Crippen molar-refractivity contribution in [2.45, 2.75) is 12.7 Å². The van der Waals surface area contributed by atoms with Crippen LogP contribution in [0.3, 0.4) is 0 Å². The third-order valence-electron chi connectivity index (χ3n) is 1.76. The monoisotopic (exact) mass is 165 g/mol. The van der Waals surface area contributed by atoms with E-state index in [0.29, 0.717) is 0 Å². The van der Waals surface area contributed by atoms with E-state index in [2.05, 4.69) is 4.98 Å². The summed E-state index contributed by atoms with van der Waals surface area (Å²) in [6.45, 7) is 1.53. The maximum atomic E-state index is 5.38. The van der Waals surface area contributed by atoms with Crippen molar-refractivity contribution in [2.24, 2.45) is 0 Å². The third kappa shape index (κ3) is 1.62. The van der Waals surface area contributed by atoms with Crippen LogP contribution < -0.4 is 0 Å². The highest BCUT2D eigenvalue weighted by Crippen LogP contribution is 2.19. The molecular weight excluding hydrogens is 154 g/mol. The maximum absolute atomic E-state index is 5.38. The van der Waals surface area contributed by atoms with E-state index < -0.39 is 0 Å². The Labute approximate surface area is 71.3 Å². The zero-order valence-electron chi connectivity index (χ0n) is 6.77. The number of hydrogen-bond donors (Lipinski definition) is 0. The van der Waals surface area contributed by atoms with E-state index in [4.69, 9.17) is 9.47 Å². The fourth-order valence-corrected chi connectivity index (χ4v) is 1.17.